The Kier molecular flexibility index (Phi) is 4.24. The van der Waals surface area contributed by atoms with E-state index in [4.69, 9.17) is 9.47 Å². The average Bonchev–Trinajstić information content (AvgIpc) is 2.39. The lowest BCUT2D eigenvalue weighted by Gasteiger charge is -2.20. The van der Waals surface area contributed by atoms with E-state index in [2.05, 4.69) is 18.0 Å². The van der Waals surface area contributed by atoms with Gasteiger partial charge in [-0.1, -0.05) is 6.92 Å². The van der Waals surface area contributed by atoms with Gasteiger partial charge < -0.3 is 9.47 Å². The number of aliphatic imine (C=N–C) groups is 1. The zero-order chi connectivity index (χ0) is 13.0. The largest absolute Gasteiger partial charge is 0.490 e. The summed E-state index contributed by atoms with van der Waals surface area (Å²) in [6.07, 6.45) is 4.03. The third kappa shape index (κ3) is 2.66. The van der Waals surface area contributed by atoms with E-state index < -0.39 is 0 Å². The van der Waals surface area contributed by atoms with Gasteiger partial charge >= 0.3 is 0 Å². The van der Waals surface area contributed by atoms with Crippen LogP contribution < -0.4 is 9.47 Å². The molecule has 3 nitrogen and oxygen atoms in total. The molecular weight excluding hydrogens is 226 g/mol. The Morgan fingerprint density at radius 1 is 1.11 bits per heavy atom. The Hall–Kier alpha value is -1.51. The van der Waals surface area contributed by atoms with E-state index in [1.807, 2.05) is 26.1 Å². The Balaban J connectivity index is 2.34. The Morgan fingerprint density at radius 2 is 1.78 bits per heavy atom. The standard InChI is InChI=1S/C15H21NO2/c1-4-13-7-11-8-14(17-5-2)15(18-6-3)9-12(11)10-16-13/h8-10,13H,4-7H2,1-3H3/t13-/m1/s1. The van der Waals surface area contributed by atoms with Gasteiger partial charge in [-0.25, -0.2) is 0 Å². The molecule has 0 aromatic heterocycles. The first-order chi connectivity index (χ1) is 8.78. The number of hydrogen-bond acceptors (Lipinski definition) is 3. The zero-order valence-corrected chi connectivity index (χ0v) is 11.4. The van der Waals surface area contributed by atoms with Crippen LogP contribution in [0.15, 0.2) is 17.1 Å². The predicted molar refractivity (Wildman–Crippen MR) is 74.2 cm³/mol. The summed E-state index contributed by atoms with van der Waals surface area (Å²) in [4.78, 5) is 4.54. The number of hydrogen-bond donors (Lipinski definition) is 0. The van der Waals surface area contributed by atoms with Crippen molar-refractivity contribution in [3.05, 3.63) is 23.3 Å². The lowest BCUT2D eigenvalue weighted by molar-refractivity contribution is 0.287. The van der Waals surface area contributed by atoms with Crippen molar-refractivity contribution in [3.8, 4) is 11.5 Å². The molecule has 0 radical (unpaired) electrons. The number of nitrogens with zero attached hydrogens (tertiary/aromatic N) is 1. The van der Waals surface area contributed by atoms with Crippen molar-refractivity contribution in [2.45, 2.75) is 39.7 Å². The minimum absolute atomic E-state index is 0.407. The minimum Gasteiger partial charge on any atom is -0.490 e. The second-order valence-corrected chi connectivity index (χ2v) is 4.41. The van der Waals surface area contributed by atoms with Crippen LogP contribution in [0, 0.1) is 0 Å². The van der Waals surface area contributed by atoms with Gasteiger partial charge in [0.25, 0.3) is 0 Å². The van der Waals surface area contributed by atoms with Crippen LogP contribution in [0.2, 0.25) is 0 Å². The third-order valence-electron chi connectivity index (χ3n) is 3.16. The van der Waals surface area contributed by atoms with Crippen molar-refractivity contribution in [2.75, 3.05) is 13.2 Å². The van der Waals surface area contributed by atoms with E-state index >= 15 is 0 Å². The monoisotopic (exact) mass is 247 g/mol. The van der Waals surface area contributed by atoms with Gasteiger partial charge in [0.2, 0.25) is 0 Å². The summed E-state index contributed by atoms with van der Waals surface area (Å²) in [5.41, 5.74) is 2.47. The molecule has 98 valence electrons. The molecular formula is C15H21NO2. The van der Waals surface area contributed by atoms with Crippen LogP contribution in [0.3, 0.4) is 0 Å². The van der Waals surface area contributed by atoms with Gasteiger partial charge in [0.15, 0.2) is 11.5 Å². The fraction of sp³-hybridized carbons (Fsp3) is 0.533. The second-order valence-electron chi connectivity index (χ2n) is 4.41. The summed E-state index contributed by atoms with van der Waals surface area (Å²) >= 11 is 0. The third-order valence-corrected chi connectivity index (χ3v) is 3.16. The number of fused-ring (bicyclic) bond motifs is 1. The summed E-state index contributed by atoms with van der Waals surface area (Å²) in [6.45, 7) is 7.45. The molecule has 3 heteroatoms. The normalized spacial score (nSPS) is 17.4. The first-order valence-electron chi connectivity index (χ1n) is 6.74. The van der Waals surface area contributed by atoms with Crippen molar-refractivity contribution in [3.63, 3.8) is 0 Å². The maximum Gasteiger partial charge on any atom is 0.161 e. The molecule has 1 aromatic carbocycles. The summed E-state index contributed by atoms with van der Waals surface area (Å²) in [5.74, 6) is 1.67. The van der Waals surface area contributed by atoms with E-state index in [1.54, 1.807) is 0 Å². The molecule has 0 unspecified atom stereocenters. The Bertz CT molecular complexity index is 440. The van der Waals surface area contributed by atoms with E-state index in [-0.39, 0.29) is 0 Å². The Labute approximate surface area is 109 Å². The van der Waals surface area contributed by atoms with Crippen LogP contribution in [0.25, 0.3) is 0 Å². The highest BCUT2D eigenvalue weighted by molar-refractivity contribution is 5.84. The van der Waals surface area contributed by atoms with Crippen LogP contribution in [0.5, 0.6) is 11.5 Å². The lowest BCUT2D eigenvalue weighted by Crippen LogP contribution is -2.15. The predicted octanol–water partition coefficient (Wildman–Crippen LogP) is 3.24. The number of ether oxygens (including phenoxy) is 2. The first kappa shape index (κ1) is 12.9. The van der Waals surface area contributed by atoms with Gasteiger partial charge in [0.1, 0.15) is 0 Å². The van der Waals surface area contributed by atoms with Crippen molar-refractivity contribution in [2.24, 2.45) is 4.99 Å². The van der Waals surface area contributed by atoms with E-state index in [0.717, 1.165) is 29.9 Å². The van der Waals surface area contributed by atoms with Gasteiger partial charge in [-0.2, -0.15) is 0 Å². The van der Waals surface area contributed by atoms with E-state index in [1.165, 1.54) is 5.56 Å². The molecule has 0 bridgehead atoms. The molecule has 1 atom stereocenters. The summed E-state index contributed by atoms with van der Waals surface area (Å²) in [6, 6.07) is 4.56. The van der Waals surface area contributed by atoms with Crippen LogP contribution >= 0.6 is 0 Å². The average molecular weight is 247 g/mol. The highest BCUT2D eigenvalue weighted by atomic mass is 16.5. The van der Waals surface area contributed by atoms with Crippen LogP contribution in [0.1, 0.15) is 38.3 Å². The molecule has 0 saturated heterocycles. The maximum absolute atomic E-state index is 5.66. The molecule has 0 amide bonds. The smallest absolute Gasteiger partial charge is 0.161 e. The van der Waals surface area contributed by atoms with Crippen molar-refractivity contribution in [1.29, 1.82) is 0 Å². The van der Waals surface area contributed by atoms with Crippen LogP contribution in [-0.4, -0.2) is 25.5 Å². The zero-order valence-electron chi connectivity index (χ0n) is 11.4. The molecule has 2 rings (SSSR count). The van der Waals surface area contributed by atoms with Gasteiger partial charge in [0.05, 0.1) is 19.3 Å². The van der Waals surface area contributed by atoms with Gasteiger partial charge in [0, 0.05) is 6.21 Å². The minimum atomic E-state index is 0.407. The molecule has 0 N–H and O–H groups in total. The van der Waals surface area contributed by atoms with Crippen LogP contribution in [0.4, 0.5) is 0 Å². The highest BCUT2D eigenvalue weighted by Crippen LogP contribution is 2.33. The first-order valence-corrected chi connectivity index (χ1v) is 6.74. The topological polar surface area (TPSA) is 30.8 Å². The summed E-state index contributed by atoms with van der Waals surface area (Å²) in [7, 11) is 0. The Morgan fingerprint density at radius 3 is 2.39 bits per heavy atom. The molecule has 0 fully saturated rings. The maximum atomic E-state index is 5.66. The highest BCUT2D eigenvalue weighted by Gasteiger charge is 2.17. The quantitative estimate of drug-likeness (QED) is 0.799. The van der Waals surface area contributed by atoms with E-state index in [0.29, 0.717) is 19.3 Å². The summed E-state index contributed by atoms with van der Waals surface area (Å²) in [5, 5.41) is 0. The van der Waals surface area contributed by atoms with Crippen LogP contribution in [-0.2, 0) is 6.42 Å². The van der Waals surface area contributed by atoms with Gasteiger partial charge in [-0.3, -0.25) is 4.99 Å². The number of rotatable bonds is 5. The molecule has 1 aliphatic rings. The molecule has 18 heavy (non-hydrogen) atoms. The van der Waals surface area contributed by atoms with Gasteiger partial charge in [-0.05, 0) is 49.9 Å². The molecule has 0 aliphatic carbocycles. The number of benzene rings is 1. The lowest BCUT2D eigenvalue weighted by atomic mass is 9.96. The SMILES string of the molecule is CCOc1cc2c(cc1OCC)C[C@@H](CC)N=C2. The van der Waals surface area contributed by atoms with Crippen molar-refractivity contribution < 1.29 is 9.47 Å². The second kappa shape index (κ2) is 5.89. The summed E-state index contributed by atoms with van der Waals surface area (Å²) < 4.78 is 11.3. The van der Waals surface area contributed by atoms with E-state index in [9.17, 15) is 0 Å². The van der Waals surface area contributed by atoms with Crippen molar-refractivity contribution >= 4 is 6.21 Å². The molecule has 1 aliphatic heterocycles. The molecule has 1 heterocycles. The van der Waals surface area contributed by atoms with Crippen molar-refractivity contribution in [1.82, 2.24) is 0 Å². The fourth-order valence-corrected chi connectivity index (χ4v) is 2.19. The van der Waals surface area contributed by atoms with Gasteiger partial charge in [-0.15, -0.1) is 0 Å². The fourth-order valence-electron chi connectivity index (χ4n) is 2.19. The molecule has 1 aromatic rings. The molecule has 0 saturated carbocycles. The molecule has 0 spiro atoms.